The van der Waals surface area contributed by atoms with Crippen molar-refractivity contribution in [2.75, 3.05) is 0 Å². The van der Waals surface area contributed by atoms with Crippen LogP contribution in [0.2, 0.25) is 0 Å². The molecule has 228 valence electrons. The molecule has 4 heterocycles. The Morgan fingerprint density at radius 2 is 0.545 bits per heavy atom. The Morgan fingerprint density at radius 1 is 0.364 bits per heavy atom. The largest absolute Gasteiger partial charge is 0.412 e. The molecule has 0 radical (unpaired) electrons. The molecule has 8 rings (SSSR count). The average Bonchev–Trinajstić information content (AvgIpc) is 3.83. The Bertz CT molecular complexity index is 1390. The van der Waals surface area contributed by atoms with Gasteiger partial charge < -0.3 is 37.0 Å². The minimum atomic E-state index is 0. The normalized spacial score (nSPS) is 13.4. The van der Waals surface area contributed by atoms with E-state index >= 15 is 0 Å². The summed E-state index contributed by atoms with van der Waals surface area (Å²) in [6, 6.07) is 30.5. The smallest absolute Gasteiger partial charge is 0.251 e. The summed E-state index contributed by atoms with van der Waals surface area (Å²) in [7, 11) is 0. The van der Waals surface area contributed by atoms with Crippen LogP contribution in [-0.4, -0.2) is 41.4 Å². The van der Waals surface area contributed by atoms with E-state index in [1.54, 1.807) is 0 Å². The lowest BCUT2D eigenvalue weighted by Gasteiger charge is -1.89. The van der Waals surface area contributed by atoms with Crippen LogP contribution < -0.4 is 21.3 Å². The number of fused-ring (bicyclic) bond motifs is 4. The van der Waals surface area contributed by atoms with E-state index in [0.717, 1.165) is 44.5 Å². The molecule has 44 heavy (non-hydrogen) atoms. The summed E-state index contributed by atoms with van der Waals surface area (Å²) in [5.41, 5.74) is 7.70. The fourth-order valence-electron chi connectivity index (χ4n) is 4.67. The van der Waals surface area contributed by atoms with E-state index in [4.69, 9.17) is 4.79 Å². The first-order valence-corrected chi connectivity index (χ1v) is 13.2. The van der Waals surface area contributed by atoms with E-state index in [0.29, 0.717) is 26.2 Å². The Labute approximate surface area is 254 Å². The maximum Gasteiger partial charge on any atom is 0.251 e. The molecular formula is C33H34N4O7. The molecule has 11 heteroatoms. The maximum absolute atomic E-state index is 11.0. The topological polar surface area (TPSA) is 196 Å². The van der Waals surface area contributed by atoms with Gasteiger partial charge in [0.1, 0.15) is 6.79 Å². The Kier molecular flexibility index (Phi) is 13.1. The second-order valence-corrected chi connectivity index (χ2v) is 9.36. The number of amides is 4. The molecule has 4 aliphatic heterocycles. The van der Waals surface area contributed by atoms with Gasteiger partial charge in [0.2, 0.25) is 0 Å². The highest BCUT2D eigenvalue weighted by molar-refractivity contribution is 5.99. The van der Waals surface area contributed by atoms with Gasteiger partial charge in [-0.05, 0) is 46.5 Å². The van der Waals surface area contributed by atoms with Crippen molar-refractivity contribution < 1.29 is 34.9 Å². The van der Waals surface area contributed by atoms with Gasteiger partial charge in [-0.25, -0.2) is 0 Å². The van der Waals surface area contributed by atoms with Gasteiger partial charge in [0.15, 0.2) is 0 Å². The standard InChI is InChI=1S/4C8H7NO.CH2O.2H2O/c4*10-8-7-4-2-1-3-6(7)5-9-8;1-2;;/h4*1-4H,5H2,(H,9,10);1H2;2*1H2. The Balaban J connectivity index is 0.000000198. The zero-order valence-corrected chi connectivity index (χ0v) is 23.8. The van der Waals surface area contributed by atoms with Crippen molar-refractivity contribution in [2.45, 2.75) is 26.2 Å². The minimum Gasteiger partial charge on any atom is -0.412 e. The van der Waals surface area contributed by atoms with Gasteiger partial charge in [-0.1, -0.05) is 72.8 Å². The van der Waals surface area contributed by atoms with Crippen molar-refractivity contribution in [3.63, 3.8) is 0 Å². The lowest BCUT2D eigenvalue weighted by molar-refractivity contribution is -0.0980. The van der Waals surface area contributed by atoms with Crippen LogP contribution in [0.3, 0.4) is 0 Å². The molecule has 0 fully saturated rings. The van der Waals surface area contributed by atoms with Crippen molar-refractivity contribution in [3.8, 4) is 0 Å². The van der Waals surface area contributed by atoms with E-state index in [9.17, 15) is 19.2 Å². The van der Waals surface area contributed by atoms with E-state index in [1.807, 2.05) is 104 Å². The van der Waals surface area contributed by atoms with Crippen molar-refractivity contribution in [2.24, 2.45) is 0 Å². The van der Waals surface area contributed by atoms with Gasteiger partial charge in [0.05, 0.1) is 0 Å². The van der Waals surface area contributed by atoms with Crippen LogP contribution in [0, 0.1) is 0 Å². The van der Waals surface area contributed by atoms with E-state index in [1.165, 1.54) is 0 Å². The molecule has 0 saturated heterocycles. The van der Waals surface area contributed by atoms with Crippen molar-refractivity contribution in [1.82, 2.24) is 21.3 Å². The average molecular weight is 599 g/mol. The van der Waals surface area contributed by atoms with E-state index in [-0.39, 0.29) is 34.6 Å². The zero-order chi connectivity index (χ0) is 29.9. The number of hydrogen-bond acceptors (Lipinski definition) is 5. The second-order valence-electron chi connectivity index (χ2n) is 9.36. The Hall–Kier alpha value is -5.65. The van der Waals surface area contributed by atoms with Crippen LogP contribution in [0.5, 0.6) is 0 Å². The van der Waals surface area contributed by atoms with Crippen molar-refractivity contribution in [1.29, 1.82) is 0 Å². The van der Waals surface area contributed by atoms with Gasteiger partial charge in [-0.2, -0.15) is 0 Å². The predicted octanol–water partition coefficient (Wildman–Crippen LogP) is 1.89. The van der Waals surface area contributed by atoms with Crippen LogP contribution in [0.25, 0.3) is 0 Å². The molecule has 8 N–H and O–H groups in total. The number of carbonyl (C=O) groups excluding carboxylic acids is 5. The fraction of sp³-hybridized carbons (Fsp3) is 0.121. The zero-order valence-electron chi connectivity index (χ0n) is 23.8. The molecule has 4 aromatic carbocycles. The summed E-state index contributed by atoms with van der Waals surface area (Å²) in [6.45, 7) is 4.76. The fourth-order valence-corrected chi connectivity index (χ4v) is 4.67. The molecule has 0 spiro atoms. The van der Waals surface area contributed by atoms with E-state index < -0.39 is 0 Å². The lowest BCUT2D eigenvalue weighted by Crippen LogP contribution is -2.12. The summed E-state index contributed by atoms with van der Waals surface area (Å²) in [6.07, 6.45) is 0. The summed E-state index contributed by atoms with van der Waals surface area (Å²) >= 11 is 0. The maximum atomic E-state index is 11.0. The lowest BCUT2D eigenvalue weighted by atomic mass is 10.1. The molecule has 4 aliphatic rings. The highest BCUT2D eigenvalue weighted by Gasteiger charge is 2.18. The number of nitrogens with one attached hydrogen (secondary N) is 4. The van der Waals surface area contributed by atoms with Crippen LogP contribution in [0.1, 0.15) is 63.7 Å². The molecule has 0 aliphatic carbocycles. The molecule has 0 bridgehead atoms. The summed E-state index contributed by atoms with van der Waals surface area (Å²) in [5, 5.41) is 11.0. The number of hydrogen-bond donors (Lipinski definition) is 4. The third-order valence-electron chi connectivity index (χ3n) is 6.81. The van der Waals surface area contributed by atoms with Gasteiger partial charge in [0.25, 0.3) is 23.6 Å². The van der Waals surface area contributed by atoms with Gasteiger partial charge in [-0.15, -0.1) is 0 Å². The highest BCUT2D eigenvalue weighted by atomic mass is 16.2. The van der Waals surface area contributed by atoms with E-state index in [2.05, 4.69) is 21.3 Å². The number of rotatable bonds is 0. The first kappa shape index (κ1) is 34.6. The van der Waals surface area contributed by atoms with Gasteiger partial charge >= 0.3 is 0 Å². The quantitative estimate of drug-likeness (QED) is 0.239. The minimum absolute atomic E-state index is 0. The molecule has 0 aromatic heterocycles. The van der Waals surface area contributed by atoms with Gasteiger partial charge in [0, 0.05) is 48.4 Å². The number of benzene rings is 4. The van der Waals surface area contributed by atoms with Crippen LogP contribution in [0.15, 0.2) is 97.1 Å². The van der Waals surface area contributed by atoms with Crippen LogP contribution >= 0.6 is 0 Å². The summed E-state index contributed by atoms with van der Waals surface area (Å²) in [5.74, 6) is 0.206. The molecule has 0 saturated carbocycles. The summed E-state index contributed by atoms with van der Waals surface area (Å²) in [4.78, 5) is 51.8. The number of carbonyl (C=O) groups is 5. The molecule has 4 amide bonds. The Morgan fingerprint density at radius 3 is 0.727 bits per heavy atom. The molecule has 11 nitrogen and oxygen atoms in total. The third-order valence-corrected chi connectivity index (χ3v) is 6.81. The molecule has 0 atom stereocenters. The summed E-state index contributed by atoms with van der Waals surface area (Å²) < 4.78 is 0. The highest BCUT2D eigenvalue weighted by Crippen LogP contribution is 2.15. The second kappa shape index (κ2) is 16.7. The van der Waals surface area contributed by atoms with Crippen molar-refractivity contribution >= 4 is 30.4 Å². The van der Waals surface area contributed by atoms with Crippen LogP contribution in [0.4, 0.5) is 0 Å². The van der Waals surface area contributed by atoms with Gasteiger partial charge in [-0.3, -0.25) is 19.2 Å². The third kappa shape index (κ3) is 8.22. The molecular weight excluding hydrogens is 564 g/mol. The predicted molar refractivity (Wildman–Crippen MR) is 165 cm³/mol. The first-order valence-electron chi connectivity index (χ1n) is 13.2. The van der Waals surface area contributed by atoms with Crippen LogP contribution in [-0.2, 0) is 31.0 Å². The SMILES string of the molecule is C=O.O.O.O=C1NCc2ccccc21.O=C1NCc2ccccc21.O=C1NCc2ccccc21.O=C1NCc2ccccc21. The monoisotopic (exact) mass is 598 g/mol. The molecule has 4 aromatic rings. The molecule has 0 unspecified atom stereocenters. The van der Waals surface area contributed by atoms with Crippen molar-refractivity contribution in [3.05, 3.63) is 142 Å². The first-order chi connectivity index (χ1) is 20.5.